The number of nitrogens with zero attached hydrogens (tertiary/aromatic N) is 1. The van der Waals surface area contributed by atoms with E-state index in [1.54, 1.807) is 7.11 Å². The Balaban J connectivity index is 2.09. The maximum absolute atomic E-state index is 5.33. The van der Waals surface area contributed by atoms with Gasteiger partial charge >= 0.3 is 0 Å². The Bertz CT molecular complexity index is 316. The second-order valence-electron chi connectivity index (χ2n) is 3.61. The topological polar surface area (TPSA) is 12.5 Å². The average molecular weight is 209 g/mol. The van der Waals surface area contributed by atoms with Crippen molar-refractivity contribution in [3.8, 4) is 0 Å². The van der Waals surface area contributed by atoms with Crippen molar-refractivity contribution in [2.75, 3.05) is 25.1 Å². The van der Waals surface area contributed by atoms with E-state index in [0.717, 1.165) is 24.4 Å². The highest BCUT2D eigenvalue weighted by Gasteiger charge is 2.21. The normalized spacial score (nSPS) is 21.6. The summed E-state index contributed by atoms with van der Waals surface area (Å²) in [5.74, 6) is 0. The van der Waals surface area contributed by atoms with Crippen molar-refractivity contribution in [3.63, 3.8) is 0 Å². The van der Waals surface area contributed by atoms with Crippen LogP contribution in [0.5, 0.6) is 0 Å². The summed E-state index contributed by atoms with van der Waals surface area (Å²) < 4.78 is 5.33. The van der Waals surface area contributed by atoms with Crippen LogP contribution in [0.25, 0.3) is 0 Å². The van der Waals surface area contributed by atoms with Crippen molar-refractivity contribution < 1.29 is 4.74 Å². The molecule has 1 aliphatic rings. The van der Waals surface area contributed by atoms with E-state index < -0.39 is 0 Å². The molecule has 1 aliphatic heterocycles. The van der Waals surface area contributed by atoms with Crippen molar-refractivity contribution in [1.82, 2.24) is 0 Å². The lowest BCUT2D eigenvalue weighted by Gasteiger charge is -2.18. The average Bonchev–Trinajstić information content (AvgIpc) is 2.66. The number of anilines is 1. The van der Waals surface area contributed by atoms with Gasteiger partial charge in [-0.25, -0.2) is 0 Å². The molecule has 2 nitrogen and oxygen atoms in total. The number of hydrogen-bond acceptors (Lipinski definition) is 3. The third-order valence-electron chi connectivity index (χ3n) is 2.67. The van der Waals surface area contributed by atoms with E-state index in [4.69, 9.17) is 4.74 Å². The summed E-state index contributed by atoms with van der Waals surface area (Å²) in [5.41, 5.74) is 1.25. The summed E-state index contributed by atoms with van der Waals surface area (Å²) in [6, 6.07) is 8.26. The van der Waals surface area contributed by atoms with E-state index in [9.17, 15) is 0 Å². The van der Waals surface area contributed by atoms with Gasteiger partial charge in [0.15, 0.2) is 0 Å². The van der Waals surface area contributed by atoms with Gasteiger partial charge in [0.25, 0.3) is 0 Å². The molecule has 1 fully saturated rings. The second kappa shape index (κ2) is 4.24. The number of benzene rings is 1. The van der Waals surface area contributed by atoms with Crippen LogP contribution in [0, 0.1) is 0 Å². The van der Waals surface area contributed by atoms with Gasteiger partial charge in [0.1, 0.15) is 0 Å². The molecule has 0 radical (unpaired) electrons. The third-order valence-corrected chi connectivity index (χ3v) is 2.95. The molecule has 0 N–H and O–H groups in total. The minimum atomic E-state index is 0.388. The van der Waals surface area contributed by atoms with E-state index in [1.807, 2.05) is 12.1 Å². The Hall–Kier alpha value is -0.670. The first-order valence-electron chi connectivity index (χ1n) is 4.86. The fraction of sp³-hybridized carbons (Fsp3) is 0.455. The summed E-state index contributed by atoms with van der Waals surface area (Å²) in [7, 11) is 1.78. The summed E-state index contributed by atoms with van der Waals surface area (Å²) >= 11 is 4.33. The minimum Gasteiger partial charge on any atom is -0.380 e. The fourth-order valence-electron chi connectivity index (χ4n) is 1.84. The van der Waals surface area contributed by atoms with Crippen molar-refractivity contribution in [2.24, 2.45) is 0 Å². The fourth-order valence-corrected chi connectivity index (χ4v) is 2.06. The van der Waals surface area contributed by atoms with E-state index in [0.29, 0.717) is 6.10 Å². The highest BCUT2D eigenvalue weighted by Crippen LogP contribution is 2.23. The molecule has 2 rings (SSSR count). The van der Waals surface area contributed by atoms with Crippen LogP contribution in [0.1, 0.15) is 6.42 Å². The molecule has 1 saturated heterocycles. The van der Waals surface area contributed by atoms with E-state index in [2.05, 4.69) is 29.7 Å². The van der Waals surface area contributed by atoms with Gasteiger partial charge in [0, 0.05) is 30.8 Å². The van der Waals surface area contributed by atoms with Gasteiger partial charge in [-0.2, -0.15) is 0 Å². The number of rotatable bonds is 2. The summed E-state index contributed by atoms with van der Waals surface area (Å²) in [6.45, 7) is 2.07. The van der Waals surface area contributed by atoms with Gasteiger partial charge in [0.2, 0.25) is 0 Å². The molecular weight excluding hydrogens is 194 g/mol. The summed E-state index contributed by atoms with van der Waals surface area (Å²) in [6.07, 6.45) is 1.51. The highest BCUT2D eigenvalue weighted by atomic mass is 32.1. The van der Waals surface area contributed by atoms with Crippen LogP contribution in [-0.2, 0) is 4.74 Å². The monoisotopic (exact) mass is 209 g/mol. The molecule has 3 heteroatoms. The number of methoxy groups -OCH3 is 1. The standard InChI is InChI=1S/C11H15NOS/c1-13-10-5-6-12(8-10)9-3-2-4-11(14)7-9/h2-4,7,10,14H,5-6,8H2,1H3. The highest BCUT2D eigenvalue weighted by molar-refractivity contribution is 7.80. The Kier molecular flexibility index (Phi) is 2.99. The van der Waals surface area contributed by atoms with Gasteiger partial charge in [-0.05, 0) is 24.6 Å². The van der Waals surface area contributed by atoms with Crippen molar-refractivity contribution in [2.45, 2.75) is 17.4 Å². The first-order valence-corrected chi connectivity index (χ1v) is 5.31. The Morgan fingerprint density at radius 1 is 1.50 bits per heavy atom. The third kappa shape index (κ3) is 2.04. The van der Waals surface area contributed by atoms with Crippen LogP contribution in [0.3, 0.4) is 0 Å². The predicted octanol–water partition coefficient (Wildman–Crippen LogP) is 2.20. The zero-order valence-corrected chi connectivity index (χ0v) is 9.21. The largest absolute Gasteiger partial charge is 0.380 e. The quantitative estimate of drug-likeness (QED) is 0.750. The molecule has 0 saturated carbocycles. The molecule has 0 aromatic heterocycles. The van der Waals surface area contributed by atoms with Gasteiger partial charge in [-0.3, -0.25) is 0 Å². The first-order chi connectivity index (χ1) is 6.79. The molecule has 76 valence electrons. The Labute approximate surface area is 90.3 Å². The second-order valence-corrected chi connectivity index (χ2v) is 4.13. The molecule has 0 spiro atoms. The van der Waals surface area contributed by atoms with Crippen LogP contribution < -0.4 is 4.90 Å². The van der Waals surface area contributed by atoms with E-state index in [1.165, 1.54) is 5.69 Å². The maximum Gasteiger partial charge on any atom is 0.0762 e. The predicted molar refractivity (Wildman–Crippen MR) is 61.3 cm³/mol. The van der Waals surface area contributed by atoms with Crippen LogP contribution in [0.2, 0.25) is 0 Å². The molecule has 14 heavy (non-hydrogen) atoms. The molecule has 1 atom stereocenters. The first kappa shape index (κ1) is 9.87. The lowest BCUT2D eigenvalue weighted by Crippen LogP contribution is -2.21. The molecule has 1 heterocycles. The molecular formula is C11H15NOS. The Morgan fingerprint density at radius 2 is 2.36 bits per heavy atom. The SMILES string of the molecule is COC1CCN(c2cccc(S)c2)C1. The lowest BCUT2D eigenvalue weighted by atomic mass is 10.3. The van der Waals surface area contributed by atoms with Crippen LogP contribution in [0.15, 0.2) is 29.2 Å². The molecule has 1 aromatic rings. The van der Waals surface area contributed by atoms with Crippen molar-refractivity contribution in [3.05, 3.63) is 24.3 Å². The molecule has 1 aromatic carbocycles. The minimum absolute atomic E-state index is 0.388. The molecule has 0 bridgehead atoms. The van der Waals surface area contributed by atoms with Gasteiger partial charge < -0.3 is 9.64 Å². The van der Waals surface area contributed by atoms with Crippen LogP contribution in [-0.4, -0.2) is 26.3 Å². The van der Waals surface area contributed by atoms with Gasteiger partial charge in [0.05, 0.1) is 6.10 Å². The van der Waals surface area contributed by atoms with E-state index >= 15 is 0 Å². The number of hydrogen-bond donors (Lipinski definition) is 1. The Morgan fingerprint density at radius 3 is 3.00 bits per heavy atom. The summed E-state index contributed by atoms with van der Waals surface area (Å²) in [4.78, 5) is 3.36. The maximum atomic E-state index is 5.33. The number of ether oxygens (including phenoxy) is 1. The van der Waals surface area contributed by atoms with Crippen molar-refractivity contribution >= 4 is 18.3 Å². The smallest absolute Gasteiger partial charge is 0.0762 e. The molecule has 0 amide bonds. The molecule has 1 unspecified atom stereocenters. The molecule has 0 aliphatic carbocycles. The lowest BCUT2D eigenvalue weighted by molar-refractivity contribution is 0.121. The number of thiol groups is 1. The zero-order chi connectivity index (χ0) is 9.97. The van der Waals surface area contributed by atoms with Crippen molar-refractivity contribution in [1.29, 1.82) is 0 Å². The zero-order valence-electron chi connectivity index (χ0n) is 8.31. The van der Waals surface area contributed by atoms with Crippen LogP contribution >= 0.6 is 12.6 Å². The summed E-state index contributed by atoms with van der Waals surface area (Å²) in [5, 5.41) is 0. The van der Waals surface area contributed by atoms with E-state index in [-0.39, 0.29) is 0 Å². The van der Waals surface area contributed by atoms with Gasteiger partial charge in [-0.15, -0.1) is 12.6 Å². The van der Waals surface area contributed by atoms with Crippen LogP contribution in [0.4, 0.5) is 5.69 Å². The van der Waals surface area contributed by atoms with Gasteiger partial charge in [-0.1, -0.05) is 6.07 Å².